The summed E-state index contributed by atoms with van der Waals surface area (Å²) in [5, 5.41) is 6.34. The van der Waals surface area contributed by atoms with Crippen LogP contribution in [0.2, 0.25) is 10.0 Å². The van der Waals surface area contributed by atoms with E-state index in [1.807, 2.05) is 12.1 Å². The van der Waals surface area contributed by atoms with Gasteiger partial charge in [0.15, 0.2) is 0 Å². The summed E-state index contributed by atoms with van der Waals surface area (Å²) in [7, 11) is 1.62. The van der Waals surface area contributed by atoms with E-state index in [2.05, 4.69) is 20.5 Å². The van der Waals surface area contributed by atoms with E-state index in [4.69, 9.17) is 23.2 Å². The average Bonchev–Trinajstić information content (AvgIpc) is 2.80. The fourth-order valence-electron chi connectivity index (χ4n) is 3.95. The normalized spacial score (nSPS) is 15.7. The average molecular weight is 478 g/mol. The minimum atomic E-state index is -1.25. The Kier molecular flexibility index (Phi) is 8.06. The van der Waals surface area contributed by atoms with Crippen LogP contribution in [-0.4, -0.2) is 61.3 Å². The van der Waals surface area contributed by atoms with Crippen molar-refractivity contribution in [3.05, 3.63) is 58.3 Å². The monoisotopic (exact) mass is 477 g/mol. The minimum absolute atomic E-state index is 0.0591. The maximum absolute atomic E-state index is 12.9. The first-order valence-electron chi connectivity index (χ1n) is 10.2. The topological polar surface area (TPSA) is 94.6 Å². The van der Waals surface area contributed by atoms with Crippen LogP contribution < -0.4 is 15.5 Å². The highest BCUT2D eigenvalue weighted by Crippen LogP contribution is 2.28. The predicted octanol–water partition coefficient (Wildman–Crippen LogP) is 2.20. The van der Waals surface area contributed by atoms with Gasteiger partial charge in [-0.25, -0.2) is 0 Å². The van der Waals surface area contributed by atoms with Crippen molar-refractivity contribution in [3.63, 3.8) is 0 Å². The molecule has 1 fully saturated rings. The Labute approximate surface area is 196 Å². The largest absolute Gasteiger partial charge is 0.368 e. The zero-order chi connectivity index (χ0) is 23.1. The van der Waals surface area contributed by atoms with Gasteiger partial charge in [0, 0.05) is 60.7 Å². The second-order valence-electron chi connectivity index (χ2n) is 7.48. The molecule has 0 spiro atoms. The Bertz CT molecular complexity index is 947. The lowest BCUT2D eigenvalue weighted by atomic mass is 9.85. The Morgan fingerprint density at radius 3 is 2.41 bits per heavy atom. The van der Waals surface area contributed by atoms with E-state index in [0.29, 0.717) is 48.2 Å². The van der Waals surface area contributed by atoms with E-state index in [1.165, 1.54) is 0 Å². The number of hydrogen-bond acceptors (Lipinski definition) is 6. The molecule has 32 heavy (non-hydrogen) atoms. The lowest BCUT2D eigenvalue weighted by Crippen LogP contribution is -2.54. The van der Waals surface area contributed by atoms with Crippen molar-refractivity contribution >= 4 is 47.1 Å². The summed E-state index contributed by atoms with van der Waals surface area (Å²) in [5.41, 5.74) is 0.257. The van der Waals surface area contributed by atoms with Gasteiger partial charge in [-0.15, -0.1) is 0 Å². The Hall–Kier alpha value is -2.68. The van der Waals surface area contributed by atoms with Gasteiger partial charge >= 0.3 is 0 Å². The summed E-state index contributed by atoms with van der Waals surface area (Å²) < 4.78 is 0. The molecule has 0 radical (unpaired) electrons. The van der Waals surface area contributed by atoms with Crippen molar-refractivity contribution in [1.29, 1.82) is 0 Å². The molecule has 2 aromatic rings. The van der Waals surface area contributed by atoms with Gasteiger partial charge in [0.05, 0.1) is 0 Å². The van der Waals surface area contributed by atoms with Crippen LogP contribution in [0.4, 0.5) is 5.69 Å². The van der Waals surface area contributed by atoms with Crippen molar-refractivity contribution < 1.29 is 14.4 Å². The van der Waals surface area contributed by atoms with Crippen LogP contribution in [0.1, 0.15) is 18.4 Å². The van der Waals surface area contributed by atoms with E-state index >= 15 is 0 Å². The van der Waals surface area contributed by atoms with Crippen LogP contribution >= 0.6 is 23.2 Å². The number of piperazine rings is 1. The number of nitrogens with one attached hydrogen (secondary N) is 2. The van der Waals surface area contributed by atoms with Crippen LogP contribution in [0.25, 0.3) is 0 Å². The number of carbonyl (C=O) groups is 3. The second-order valence-corrected chi connectivity index (χ2v) is 8.36. The number of pyridine rings is 1. The quantitative estimate of drug-likeness (QED) is 0.566. The highest BCUT2D eigenvalue weighted by Gasteiger charge is 2.39. The summed E-state index contributed by atoms with van der Waals surface area (Å²) in [4.78, 5) is 44.6. The number of benzene rings is 1. The number of rotatable bonds is 8. The SMILES string of the molecule is CNC(CCC(=O)N1CCN(c2cc(Cl)cc(Cl)c2)CC1)(C(=O)NC=O)c1cccnc1. The number of imide groups is 1. The van der Waals surface area contributed by atoms with Crippen molar-refractivity contribution in [1.82, 2.24) is 20.5 Å². The van der Waals surface area contributed by atoms with Gasteiger partial charge in [-0.2, -0.15) is 0 Å². The Morgan fingerprint density at radius 2 is 1.84 bits per heavy atom. The number of halogens is 2. The molecule has 0 saturated carbocycles. The van der Waals surface area contributed by atoms with Crippen molar-refractivity contribution in [2.24, 2.45) is 0 Å². The van der Waals surface area contributed by atoms with E-state index in [0.717, 1.165) is 5.69 Å². The molecule has 10 heteroatoms. The van der Waals surface area contributed by atoms with Crippen LogP contribution in [0.15, 0.2) is 42.7 Å². The molecule has 0 aliphatic carbocycles. The molecular formula is C22H25Cl2N5O3. The van der Waals surface area contributed by atoms with Crippen molar-refractivity contribution in [2.45, 2.75) is 18.4 Å². The fourth-order valence-corrected chi connectivity index (χ4v) is 4.47. The third kappa shape index (κ3) is 5.38. The lowest BCUT2D eigenvalue weighted by Gasteiger charge is -2.37. The number of carbonyl (C=O) groups excluding carboxylic acids is 3. The van der Waals surface area contributed by atoms with Crippen LogP contribution in [0, 0.1) is 0 Å². The molecule has 0 bridgehead atoms. The molecule has 1 aromatic heterocycles. The van der Waals surface area contributed by atoms with E-state index in [1.54, 1.807) is 42.5 Å². The third-order valence-electron chi connectivity index (χ3n) is 5.72. The van der Waals surface area contributed by atoms with Gasteiger partial charge in [0.2, 0.25) is 12.3 Å². The molecule has 2 heterocycles. The summed E-state index contributed by atoms with van der Waals surface area (Å²) in [6, 6.07) is 8.84. The van der Waals surface area contributed by atoms with E-state index in [-0.39, 0.29) is 18.7 Å². The zero-order valence-electron chi connectivity index (χ0n) is 17.7. The summed E-state index contributed by atoms with van der Waals surface area (Å²) in [6.45, 7) is 2.38. The zero-order valence-corrected chi connectivity index (χ0v) is 19.2. The molecule has 1 unspecified atom stereocenters. The maximum Gasteiger partial charge on any atom is 0.251 e. The second kappa shape index (κ2) is 10.8. The lowest BCUT2D eigenvalue weighted by molar-refractivity contribution is -0.133. The predicted molar refractivity (Wildman–Crippen MR) is 124 cm³/mol. The molecule has 3 amide bonds. The molecule has 170 valence electrons. The maximum atomic E-state index is 12.9. The third-order valence-corrected chi connectivity index (χ3v) is 6.15. The van der Waals surface area contributed by atoms with Gasteiger partial charge in [-0.3, -0.25) is 24.7 Å². The number of aromatic nitrogens is 1. The molecular weight excluding hydrogens is 453 g/mol. The molecule has 1 aromatic carbocycles. The van der Waals surface area contributed by atoms with Crippen molar-refractivity contribution in [3.8, 4) is 0 Å². The van der Waals surface area contributed by atoms with E-state index in [9.17, 15) is 14.4 Å². The first-order chi connectivity index (χ1) is 15.4. The number of anilines is 1. The molecule has 1 atom stereocenters. The minimum Gasteiger partial charge on any atom is -0.368 e. The standard InChI is InChI=1S/C22H25Cl2N5O3/c1-25-22(21(32)27-15-30,16-3-2-6-26-14-16)5-4-20(31)29-9-7-28(8-10-29)19-12-17(23)11-18(24)13-19/h2-3,6,11-15,25H,4-5,7-10H2,1H3,(H,27,30,32). The van der Waals surface area contributed by atoms with Crippen molar-refractivity contribution in [2.75, 3.05) is 38.1 Å². The molecule has 1 aliphatic rings. The molecule has 1 aliphatic heterocycles. The first-order valence-corrected chi connectivity index (χ1v) is 11.0. The Morgan fingerprint density at radius 1 is 1.16 bits per heavy atom. The van der Waals surface area contributed by atoms with E-state index < -0.39 is 11.4 Å². The summed E-state index contributed by atoms with van der Waals surface area (Å²) in [6.07, 6.45) is 3.80. The van der Waals surface area contributed by atoms with Crippen LogP contribution in [-0.2, 0) is 19.9 Å². The van der Waals surface area contributed by atoms with Gasteiger partial charge in [0.1, 0.15) is 5.54 Å². The Balaban J connectivity index is 1.65. The molecule has 3 rings (SSSR count). The van der Waals surface area contributed by atoms with Crippen LogP contribution in [0.3, 0.4) is 0 Å². The van der Waals surface area contributed by atoms with Gasteiger partial charge < -0.3 is 15.1 Å². The molecule has 8 nitrogen and oxygen atoms in total. The fraction of sp³-hybridized carbons (Fsp3) is 0.364. The number of nitrogens with zero attached hydrogens (tertiary/aromatic N) is 3. The summed E-state index contributed by atoms with van der Waals surface area (Å²) in [5.74, 6) is -0.588. The highest BCUT2D eigenvalue weighted by molar-refractivity contribution is 6.35. The molecule has 1 saturated heterocycles. The first kappa shape index (κ1) is 24.0. The summed E-state index contributed by atoms with van der Waals surface area (Å²) >= 11 is 12.2. The van der Waals surface area contributed by atoms with Gasteiger partial charge in [0.25, 0.3) is 5.91 Å². The number of hydrogen-bond donors (Lipinski definition) is 2. The number of amides is 3. The molecule has 2 N–H and O–H groups in total. The number of likely N-dealkylation sites (N-methyl/N-ethyl adjacent to an activating group) is 1. The van der Waals surface area contributed by atoms with Crippen LogP contribution in [0.5, 0.6) is 0 Å². The van der Waals surface area contributed by atoms with Gasteiger partial charge in [-0.05, 0) is 43.3 Å². The van der Waals surface area contributed by atoms with Gasteiger partial charge in [-0.1, -0.05) is 29.3 Å². The highest BCUT2D eigenvalue weighted by atomic mass is 35.5. The smallest absolute Gasteiger partial charge is 0.251 e.